The minimum absolute atomic E-state index is 0.336. The molecule has 0 unspecified atom stereocenters. The normalized spacial score (nSPS) is 9.86. The molecular weight excluding hydrogens is 246 g/mol. The van der Waals surface area contributed by atoms with Gasteiger partial charge in [-0.1, -0.05) is 34.1 Å². The van der Waals surface area contributed by atoms with Crippen LogP contribution in [-0.4, -0.2) is 24.2 Å². The lowest BCUT2D eigenvalue weighted by atomic mass is 10.1. The van der Waals surface area contributed by atoms with E-state index in [4.69, 9.17) is 5.11 Å². The average Bonchev–Trinajstić information content (AvgIpc) is 2.20. The standard InChI is InChI=1S/C10H12BrNO2/c11-9-4-2-1-3-8(9)5-6-12-10(14)7-13/h1-4,13H,5-7H2,(H,12,14). The third kappa shape index (κ3) is 3.47. The van der Waals surface area contributed by atoms with Gasteiger partial charge in [-0.2, -0.15) is 0 Å². The number of hydrogen-bond donors (Lipinski definition) is 2. The molecule has 0 heterocycles. The highest BCUT2D eigenvalue weighted by Crippen LogP contribution is 2.15. The van der Waals surface area contributed by atoms with Crippen molar-refractivity contribution in [2.45, 2.75) is 6.42 Å². The van der Waals surface area contributed by atoms with E-state index >= 15 is 0 Å². The molecule has 76 valence electrons. The summed E-state index contributed by atoms with van der Waals surface area (Å²) in [6, 6.07) is 7.85. The van der Waals surface area contributed by atoms with Gasteiger partial charge in [-0.25, -0.2) is 0 Å². The van der Waals surface area contributed by atoms with Gasteiger partial charge in [0.15, 0.2) is 0 Å². The zero-order chi connectivity index (χ0) is 10.4. The summed E-state index contributed by atoms with van der Waals surface area (Å²) in [6.07, 6.45) is 0.757. The molecule has 0 aliphatic heterocycles. The highest BCUT2D eigenvalue weighted by Gasteiger charge is 2.00. The molecule has 0 saturated heterocycles. The minimum Gasteiger partial charge on any atom is -0.387 e. The Kier molecular flexibility index (Phi) is 4.62. The summed E-state index contributed by atoms with van der Waals surface area (Å²) in [5, 5.41) is 11.1. The van der Waals surface area contributed by atoms with Crippen LogP contribution in [0, 0.1) is 0 Å². The Morgan fingerprint density at radius 3 is 2.79 bits per heavy atom. The fourth-order valence-electron chi connectivity index (χ4n) is 1.09. The van der Waals surface area contributed by atoms with E-state index in [1.807, 2.05) is 24.3 Å². The molecule has 0 radical (unpaired) electrons. The Labute approximate surface area is 91.3 Å². The third-order valence-corrected chi connectivity index (χ3v) is 2.59. The summed E-state index contributed by atoms with van der Waals surface area (Å²) in [7, 11) is 0. The lowest BCUT2D eigenvalue weighted by Crippen LogP contribution is -2.28. The van der Waals surface area contributed by atoms with Crippen LogP contribution in [0.3, 0.4) is 0 Å². The summed E-state index contributed by atoms with van der Waals surface area (Å²) >= 11 is 3.42. The van der Waals surface area contributed by atoms with Crippen LogP contribution in [-0.2, 0) is 11.2 Å². The van der Waals surface area contributed by atoms with Crippen molar-refractivity contribution in [2.75, 3.05) is 13.2 Å². The van der Waals surface area contributed by atoms with Crippen molar-refractivity contribution in [2.24, 2.45) is 0 Å². The van der Waals surface area contributed by atoms with Crippen LogP contribution in [0.1, 0.15) is 5.56 Å². The summed E-state index contributed by atoms with van der Waals surface area (Å²) in [5.74, 6) is -0.336. The second kappa shape index (κ2) is 5.78. The molecule has 0 aliphatic rings. The van der Waals surface area contributed by atoms with E-state index in [0.717, 1.165) is 16.5 Å². The van der Waals surface area contributed by atoms with E-state index in [1.165, 1.54) is 0 Å². The fourth-order valence-corrected chi connectivity index (χ4v) is 1.58. The van der Waals surface area contributed by atoms with E-state index in [2.05, 4.69) is 21.2 Å². The molecule has 0 aliphatic carbocycles. The van der Waals surface area contributed by atoms with E-state index in [-0.39, 0.29) is 5.91 Å². The molecule has 0 aromatic heterocycles. The summed E-state index contributed by atoms with van der Waals surface area (Å²) < 4.78 is 1.04. The molecule has 1 amide bonds. The Balaban J connectivity index is 2.39. The summed E-state index contributed by atoms with van der Waals surface area (Å²) in [6.45, 7) is 0.0952. The molecule has 0 atom stereocenters. The number of amides is 1. The van der Waals surface area contributed by atoms with Crippen molar-refractivity contribution in [3.05, 3.63) is 34.3 Å². The van der Waals surface area contributed by atoms with Crippen LogP contribution in [0.25, 0.3) is 0 Å². The van der Waals surface area contributed by atoms with Gasteiger partial charge in [-0.15, -0.1) is 0 Å². The number of hydrogen-bond acceptors (Lipinski definition) is 2. The van der Waals surface area contributed by atoms with Gasteiger partial charge in [-0.3, -0.25) is 4.79 Å². The van der Waals surface area contributed by atoms with Gasteiger partial charge in [0.2, 0.25) is 5.91 Å². The summed E-state index contributed by atoms with van der Waals surface area (Å²) in [4.78, 5) is 10.7. The highest BCUT2D eigenvalue weighted by molar-refractivity contribution is 9.10. The van der Waals surface area contributed by atoms with Gasteiger partial charge in [0.1, 0.15) is 6.61 Å². The van der Waals surface area contributed by atoms with E-state index in [0.29, 0.717) is 6.54 Å². The van der Waals surface area contributed by atoms with Gasteiger partial charge < -0.3 is 10.4 Å². The number of nitrogens with one attached hydrogen (secondary N) is 1. The number of aliphatic hydroxyl groups excluding tert-OH is 1. The van der Waals surface area contributed by atoms with Crippen molar-refractivity contribution >= 4 is 21.8 Å². The molecule has 1 rings (SSSR count). The maximum atomic E-state index is 10.7. The predicted octanol–water partition coefficient (Wildman–Crippen LogP) is 1.10. The molecular formula is C10H12BrNO2. The first kappa shape index (κ1) is 11.2. The first-order valence-electron chi connectivity index (χ1n) is 4.35. The SMILES string of the molecule is O=C(CO)NCCc1ccccc1Br. The number of carbonyl (C=O) groups is 1. The number of carbonyl (C=O) groups excluding carboxylic acids is 1. The molecule has 1 aromatic carbocycles. The van der Waals surface area contributed by atoms with E-state index < -0.39 is 6.61 Å². The van der Waals surface area contributed by atoms with Crippen molar-refractivity contribution in [1.82, 2.24) is 5.32 Å². The molecule has 0 bridgehead atoms. The van der Waals surface area contributed by atoms with E-state index in [1.54, 1.807) is 0 Å². The first-order valence-corrected chi connectivity index (χ1v) is 5.14. The Bertz CT molecular complexity index is 315. The van der Waals surface area contributed by atoms with Crippen molar-refractivity contribution in [3.8, 4) is 0 Å². The summed E-state index contributed by atoms with van der Waals surface area (Å²) in [5.41, 5.74) is 1.14. The fraction of sp³-hybridized carbons (Fsp3) is 0.300. The number of rotatable bonds is 4. The van der Waals surface area contributed by atoms with Crippen molar-refractivity contribution < 1.29 is 9.90 Å². The van der Waals surface area contributed by atoms with Crippen LogP contribution >= 0.6 is 15.9 Å². The zero-order valence-electron chi connectivity index (χ0n) is 7.66. The number of benzene rings is 1. The molecule has 0 saturated carbocycles. The van der Waals surface area contributed by atoms with Crippen molar-refractivity contribution in [3.63, 3.8) is 0 Å². The minimum atomic E-state index is -0.448. The van der Waals surface area contributed by atoms with Crippen LogP contribution in [0.4, 0.5) is 0 Å². The lowest BCUT2D eigenvalue weighted by molar-refractivity contribution is -0.123. The monoisotopic (exact) mass is 257 g/mol. The van der Waals surface area contributed by atoms with Crippen LogP contribution in [0.2, 0.25) is 0 Å². The molecule has 0 fully saturated rings. The maximum absolute atomic E-state index is 10.7. The van der Waals surface area contributed by atoms with E-state index in [9.17, 15) is 4.79 Å². The van der Waals surface area contributed by atoms with Gasteiger partial charge >= 0.3 is 0 Å². The molecule has 1 aromatic rings. The highest BCUT2D eigenvalue weighted by atomic mass is 79.9. The molecule has 2 N–H and O–H groups in total. The quantitative estimate of drug-likeness (QED) is 0.849. The first-order chi connectivity index (χ1) is 6.74. The number of halogens is 1. The average molecular weight is 258 g/mol. The Morgan fingerprint density at radius 1 is 1.43 bits per heavy atom. The lowest BCUT2D eigenvalue weighted by Gasteiger charge is -2.04. The molecule has 0 spiro atoms. The van der Waals surface area contributed by atoms with Crippen LogP contribution in [0.5, 0.6) is 0 Å². The molecule has 14 heavy (non-hydrogen) atoms. The van der Waals surface area contributed by atoms with Crippen LogP contribution in [0.15, 0.2) is 28.7 Å². The van der Waals surface area contributed by atoms with Gasteiger partial charge in [0.25, 0.3) is 0 Å². The van der Waals surface area contributed by atoms with Gasteiger partial charge in [0, 0.05) is 11.0 Å². The smallest absolute Gasteiger partial charge is 0.245 e. The Morgan fingerprint density at radius 2 is 2.14 bits per heavy atom. The zero-order valence-corrected chi connectivity index (χ0v) is 9.25. The Hall–Kier alpha value is -0.870. The predicted molar refractivity (Wildman–Crippen MR) is 57.9 cm³/mol. The molecule has 4 heteroatoms. The van der Waals surface area contributed by atoms with Crippen molar-refractivity contribution in [1.29, 1.82) is 0 Å². The topological polar surface area (TPSA) is 49.3 Å². The largest absolute Gasteiger partial charge is 0.387 e. The van der Waals surface area contributed by atoms with Gasteiger partial charge in [-0.05, 0) is 18.1 Å². The molecule has 3 nitrogen and oxygen atoms in total. The number of aliphatic hydroxyl groups is 1. The second-order valence-corrected chi connectivity index (χ2v) is 3.70. The van der Waals surface area contributed by atoms with Gasteiger partial charge in [0.05, 0.1) is 0 Å². The van der Waals surface area contributed by atoms with Crippen LogP contribution < -0.4 is 5.32 Å². The maximum Gasteiger partial charge on any atom is 0.245 e. The third-order valence-electron chi connectivity index (χ3n) is 1.82. The second-order valence-electron chi connectivity index (χ2n) is 2.85.